The zero-order valence-corrected chi connectivity index (χ0v) is 11.2. The Morgan fingerprint density at radius 2 is 2.06 bits per heavy atom. The Morgan fingerprint density at radius 3 is 2.56 bits per heavy atom. The minimum absolute atomic E-state index is 0.0360. The molecule has 0 aromatic carbocycles. The summed E-state index contributed by atoms with van der Waals surface area (Å²) >= 11 is 5.48. The summed E-state index contributed by atoms with van der Waals surface area (Å²) in [5.41, 5.74) is 0.622. The van der Waals surface area contributed by atoms with Crippen LogP contribution in [0.25, 0.3) is 0 Å². The molecule has 0 saturated carbocycles. The number of halogens is 1. The van der Waals surface area contributed by atoms with Crippen LogP contribution in [-0.4, -0.2) is 30.7 Å². The molecule has 3 N–H and O–H groups in total. The molecule has 0 amide bonds. The van der Waals surface area contributed by atoms with Gasteiger partial charge in [-0.2, -0.15) is 8.42 Å². The van der Waals surface area contributed by atoms with Crippen LogP contribution in [0.4, 0.5) is 0 Å². The summed E-state index contributed by atoms with van der Waals surface area (Å²) in [6, 6.07) is 1.61. The highest BCUT2D eigenvalue weighted by molar-refractivity contribution is 7.87. The first-order valence-electron chi connectivity index (χ1n) is 5.56. The lowest BCUT2D eigenvalue weighted by Crippen LogP contribution is -2.28. The molecule has 1 aliphatic rings. The van der Waals surface area contributed by atoms with E-state index in [2.05, 4.69) is 5.32 Å². The Labute approximate surface area is 110 Å². The zero-order chi connectivity index (χ0) is 13.3. The van der Waals surface area contributed by atoms with Crippen LogP contribution in [0, 0.1) is 0 Å². The van der Waals surface area contributed by atoms with Gasteiger partial charge in [0.15, 0.2) is 0 Å². The lowest BCUT2D eigenvalue weighted by molar-refractivity contribution is 0.107. The van der Waals surface area contributed by atoms with Gasteiger partial charge < -0.3 is 5.32 Å². The first-order chi connectivity index (χ1) is 8.41. The van der Waals surface area contributed by atoms with Crippen LogP contribution >= 0.6 is 11.6 Å². The van der Waals surface area contributed by atoms with Crippen molar-refractivity contribution in [3.05, 3.63) is 23.5 Å². The SMILES string of the molecule is NS(=O)(=O)n1ccc(C2CCNCC2)c1C(=O)Cl. The molecule has 0 atom stereocenters. The first-order valence-corrected chi connectivity index (χ1v) is 7.44. The van der Waals surface area contributed by atoms with Crippen molar-refractivity contribution in [2.75, 3.05) is 13.1 Å². The fraction of sp³-hybridized carbons (Fsp3) is 0.500. The summed E-state index contributed by atoms with van der Waals surface area (Å²) in [7, 11) is -4.00. The van der Waals surface area contributed by atoms with Gasteiger partial charge >= 0.3 is 10.2 Å². The van der Waals surface area contributed by atoms with Crippen LogP contribution < -0.4 is 10.5 Å². The molecule has 1 saturated heterocycles. The lowest BCUT2D eigenvalue weighted by atomic mass is 9.90. The van der Waals surface area contributed by atoms with Gasteiger partial charge in [-0.3, -0.25) is 4.79 Å². The van der Waals surface area contributed by atoms with Gasteiger partial charge in [0, 0.05) is 6.20 Å². The number of hydrogen-bond acceptors (Lipinski definition) is 4. The molecule has 0 spiro atoms. The minimum atomic E-state index is -4.00. The normalized spacial score (nSPS) is 17.9. The maximum atomic E-state index is 11.4. The van der Waals surface area contributed by atoms with Crippen molar-refractivity contribution in [2.24, 2.45) is 5.14 Å². The standard InChI is InChI=1S/C10H14ClN3O3S/c11-10(15)9-8(7-1-4-13-5-2-7)3-6-14(9)18(12,16)17/h3,6-7,13H,1-2,4-5H2,(H2,12,16,17). The van der Waals surface area contributed by atoms with E-state index in [-0.39, 0.29) is 11.6 Å². The maximum absolute atomic E-state index is 11.4. The molecule has 6 nitrogen and oxygen atoms in total. The topological polar surface area (TPSA) is 94.2 Å². The summed E-state index contributed by atoms with van der Waals surface area (Å²) in [5, 5.41) is 7.45. The van der Waals surface area contributed by atoms with E-state index in [1.165, 1.54) is 6.20 Å². The van der Waals surface area contributed by atoms with Gasteiger partial charge in [-0.15, -0.1) is 0 Å². The predicted molar refractivity (Wildman–Crippen MR) is 68.0 cm³/mol. The summed E-state index contributed by atoms with van der Waals surface area (Å²) in [4.78, 5) is 11.4. The Balaban J connectivity index is 2.48. The van der Waals surface area contributed by atoms with Crippen molar-refractivity contribution < 1.29 is 13.2 Å². The van der Waals surface area contributed by atoms with E-state index in [1.54, 1.807) is 6.07 Å². The van der Waals surface area contributed by atoms with Gasteiger partial charge in [-0.25, -0.2) is 9.11 Å². The van der Waals surface area contributed by atoms with Crippen molar-refractivity contribution in [2.45, 2.75) is 18.8 Å². The summed E-state index contributed by atoms with van der Waals surface area (Å²) < 4.78 is 23.5. The van der Waals surface area contributed by atoms with E-state index >= 15 is 0 Å². The smallest absolute Gasteiger partial charge is 0.303 e. The Hall–Kier alpha value is -0.890. The van der Waals surface area contributed by atoms with E-state index in [0.717, 1.165) is 29.9 Å². The average Bonchev–Trinajstić information content (AvgIpc) is 2.74. The van der Waals surface area contributed by atoms with Crippen LogP contribution in [0.1, 0.15) is 34.8 Å². The number of aromatic nitrogens is 1. The molecule has 0 aliphatic carbocycles. The lowest BCUT2D eigenvalue weighted by Gasteiger charge is -2.22. The third-order valence-electron chi connectivity index (χ3n) is 3.12. The van der Waals surface area contributed by atoms with Crippen molar-refractivity contribution in [1.82, 2.24) is 9.29 Å². The van der Waals surface area contributed by atoms with Crippen LogP contribution in [0.3, 0.4) is 0 Å². The highest BCUT2D eigenvalue weighted by atomic mass is 35.5. The second-order valence-corrected chi connectivity index (χ2v) is 6.03. The van der Waals surface area contributed by atoms with Crippen LogP contribution in [0.5, 0.6) is 0 Å². The molecule has 18 heavy (non-hydrogen) atoms. The van der Waals surface area contributed by atoms with E-state index in [1.807, 2.05) is 0 Å². The maximum Gasteiger partial charge on any atom is 0.303 e. The Bertz CT molecular complexity index is 561. The number of nitrogens with two attached hydrogens (primary N) is 1. The number of piperidine rings is 1. The predicted octanol–water partition coefficient (Wildman–Crippen LogP) is 0.386. The highest BCUT2D eigenvalue weighted by Crippen LogP contribution is 2.30. The molecule has 2 heterocycles. The van der Waals surface area contributed by atoms with Gasteiger partial charge in [-0.1, -0.05) is 0 Å². The second-order valence-electron chi connectivity index (χ2n) is 4.26. The fourth-order valence-corrected chi connectivity index (χ4v) is 3.23. The molecule has 1 aliphatic heterocycles. The number of carbonyl (C=O) groups is 1. The zero-order valence-electron chi connectivity index (χ0n) is 9.60. The molecule has 1 aromatic heterocycles. The molecule has 0 unspecified atom stereocenters. The molecule has 1 fully saturated rings. The van der Waals surface area contributed by atoms with Crippen molar-refractivity contribution >= 4 is 27.1 Å². The molecule has 2 rings (SSSR count). The molecule has 8 heteroatoms. The van der Waals surface area contributed by atoms with E-state index in [9.17, 15) is 13.2 Å². The summed E-state index contributed by atoms with van der Waals surface area (Å²) in [5.74, 6) is 0.131. The van der Waals surface area contributed by atoms with Crippen molar-refractivity contribution in [1.29, 1.82) is 0 Å². The summed E-state index contributed by atoms with van der Waals surface area (Å²) in [6.07, 6.45) is 2.96. The largest absolute Gasteiger partial charge is 0.317 e. The monoisotopic (exact) mass is 291 g/mol. The Kier molecular flexibility index (Phi) is 3.76. The fourth-order valence-electron chi connectivity index (χ4n) is 2.30. The molecule has 1 aromatic rings. The average molecular weight is 292 g/mol. The van der Waals surface area contributed by atoms with Crippen molar-refractivity contribution in [3.8, 4) is 0 Å². The van der Waals surface area contributed by atoms with Crippen LogP contribution in [0.2, 0.25) is 0 Å². The van der Waals surface area contributed by atoms with Gasteiger partial charge in [0.25, 0.3) is 5.24 Å². The van der Waals surface area contributed by atoms with Crippen molar-refractivity contribution in [3.63, 3.8) is 0 Å². The van der Waals surface area contributed by atoms with Gasteiger partial charge in [0.05, 0.1) is 0 Å². The quantitative estimate of drug-likeness (QED) is 0.788. The first kappa shape index (κ1) is 13.5. The summed E-state index contributed by atoms with van der Waals surface area (Å²) in [6.45, 7) is 1.67. The third-order valence-corrected chi connectivity index (χ3v) is 4.15. The van der Waals surface area contributed by atoms with Gasteiger partial charge in [-0.05, 0) is 55.1 Å². The molecular formula is C10H14ClN3O3S. The van der Waals surface area contributed by atoms with E-state index in [0.29, 0.717) is 5.56 Å². The number of rotatable bonds is 3. The number of nitrogens with one attached hydrogen (secondary N) is 1. The number of nitrogens with zero attached hydrogens (tertiary/aromatic N) is 1. The van der Waals surface area contributed by atoms with E-state index < -0.39 is 15.5 Å². The Morgan fingerprint density at radius 1 is 1.44 bits per heavy atom. The highest BCUT2D eigenvalue weighted by Gasteiger charge is 2.26. The number of hydrogen-bond donors (Lipinski definition) is 2. The van der Waals surface area contributed by atoms with Gasteiger partial charge in [0.1, 0.15) is 5.69 Å². The van der Waals surface area contributed by atoms with Crippen LogP contribution in [0.15, 0.2) is 12.3 Å². The van der Waals surface area contributed by atoms with E-state index in [4.69, 9.17) is 16.7 Å². The molecule has 0 radical (unpaired) electrons. The number of carbonyl (C=O) groups excluding carboxylic acids is 1. The third kappa shape index (κ3) is 2.59. The molecule has 100 valence electrons. The molecule has 0 bridgehead atoms. The minimum Gasteiger partial charge on any atom is -0.317 e. The van der Waals surface area contributed by atoms with Gasteiger partial charge in [0.2, 0.25) is 0 Å². The van der Waals surface area contributed by atoms with Crippen LogP contribution in [-0.2, 0) is 10.2 Å². The molecular weight excluding hydrogens is 278 g/mol. The second kappa shape index (κ2) is 5.00.